The molecule has 3 rings (SSSR count). The number of hydrogen-bond acceptors (Lipinski definition) is 3. The summed E-state index contributed by atoms with van der Waals surface area (Å²) in [5.41, 5.74) is 0.980. The fraction of sp³-hybridized carbons (Fsp3) is 0.833. The topological polar surface area (TPSA) is 35.5 Å². The summed E-state index contributed by atoms with van der Waals surface area (Å²) in [5.74, 6) is -0.134. The van der Waals surface area contributed by atoms with E-state index in [1.54, 1.807) is 0 Å². The predicted molar refractivity (Wildman–Crippen MR) is 81.9 cm³/mol. The highest BCUT2D eigenvalue weighted by atomic mass is 16.7. The number of hydrogen-bond donors (Lipinski definition) is 0. The Bertz CT molecular complexity index is 459. The molecule has 0 aromatic heterocycles. The van der Waals surface area contributed by atoms with Crippen molar-refractivity contribution in [3.8, 4) is 0 Å². The zero-order chi connectivity index (χ0) is 15.3. The molecule has 0 aromatic carbocycles. The summed E-state index contributed by atoms with van der Waals surface area (Å²) >= 11 is 0. The zero-order valence-corrected chi connectivity index (χ0v) is 13.7. The van der Waals surface area contributed by atoms with Gasteiger partial charge in [0.2, 0.25) is 0 Å². The van der Waals surface area contributed by atoms with Crippen LogP contribution in [0.25, 0.3) is 0 Å². The highest BCUT2D eigenvalue weighted by Gasteiger charge is 2.54. The van der Waals surface area contributed by atoms with Crippen LogP contribution in [0, 0.1) is 16.7 Å². The SMILES string of the molecule is C=C1CCC[C@@]2(C)CC3(CC(C)(C)CC(=O)[C@H]12)OCCO3. The van der Waals surface area contributed by atoms with Gasteiger partial charge in [-0.2, -0.15) is 0 Å². The quantitative estimate of drug-likeness (QED) is 0.636. The van der Waals surface area contributed by atoms with E-state index < -0.39 is 5.79 Å². The highest BCUT2D eigenvalue weighted by Crippen LogP contribution is 2.55. The molecule has 2 saturated carbocycles. The van der Waals surface area contributed by atoms with Crippen LogP contribution in [0.2, 0.25) is 0 Å². The lowest BCUT2D eigenvalue weighted by Crippen LogP contribution is -2.50. The molecule has 1 aliphatic heterocycles. The maximum atomic E-state index is 12.9. The Balaban J connectivity index is 2.00. The first-order chi connectivity index (χ1) is 9.75. The van der Waals surface area contributed by atoms with Gasteiger partial charge in [-0.15, -0.1) is 0 Å². The molecule has 0 bridgehead atoms. The molecule has 1 spiro atoms. The van der Waals surface area contributed by atoms with E-state index in [1.165, 1.54) is 0 Å². The van der Waals surface area contributed by atoms with Gasteiger partial charge in [-0.05, 0) is 30.1 Å². The summed E-state index contributed by atoms with van der Waals surface area (Å²) in [6.07, 6.45) is 5.40. The maximum Gasteiger partial charge on any atom is 0.169 e. The van der Waals surface area contributed by atoms with E-state index in [1.807, 2.05) is 0 Å². The molecular weight excluding hydrogens is 264 g/mol. The van der Waals surface area contributed by atoms with E-state index in [2.05, 4.69) is 27.4 Å². The van der Waals surface area contributed by atoms with Gasteiger partial charge < -0.3 is 9.47 Å². The summed E-state index contributed by atoms with van der Waals surface area (Å²) in [6.45, 7) is 12.1. The predicted octanol–water partition coefficient (Wildman–Crippen LogP) is 3.87. The Morgan fingerprint density at radius 3 is 2.48 bits per heavy atom. The fourth-order valence-corrected chi connectivity index (χ4v) is 5.05. The molecule has 118 valence electrons. The summed E-state index contributed by atoms with van der Waals surface area (Å²) < 4.78 is 12.1. The van der Waals surface area contributed by atoms with Crippen molar-refractivity contribution >= 4 is 5.78 Å². The standard InChI is InChI=1S/C18H28O3/c1-13-6-5-7-17(4)12-18(20-8-9-21-18)11-16(2,3)10-14(19)15(13)17/h15H,1,5-12H2,2-4H3/t15-,17-/m0/s1. The number of fused-ring (bicyclic) bond motifs is 1. The zero-order valence-electron chi connectivity index (χ0n) is 13.7. The Morgan fingerprint density at radius 1 is 1.14 bits per heavy atom. The second kappa shape index (κ2) is 4.92. The summed E-state index contributed by atoms with van der Waals surface area (Å²) in [6, 6.07) is 0. The lowest BCUT2D eigenvalue weighted by molar-refractivity contribution is -0.210. The van der Waals surface area contributed by atoms with Crippen molar-refractivity contribution in [2.24, 2.45) is 16.7 Å². The monoisotopic (exact) mass is 292 g/mol. The van der Waals surface area contributed by atoms with Crippen LogP contribution >= 0.6 is 0 Å². The van der Waals surface area contributed by atoms with Crippen LogP contribution in [-0.2, 0) is 14.3 Å². The minimum absolute atomic E-state index is 0.0181. The molecule has 1 saturated heterocycles. The van der Waals surface area contributed by atoms with Crippen molar-refractivity contribution in [3.05, 3.63) is 12.2 Å². The largest absolute Gasteiger partial charge is 0.347 e. The van der Waals surface area contributed by atoms with Crippen LogP contribution in [0.3, 0.4) is 0 Å². The molecule has 3 heteroatoms. The van der Waals surface area contributed by atoms with Gasteiger partial charge in [0.15, 0.2) is 5.79 Å². The number of carbonyl (C=O) groups is 1. The van der Waals surface area contributed by atoms with Gasteiger partial charge in [0, 0.05) is 25.2 Å². The molecule has 0 unspecified atom stereocenters. The van der Waals surface area contributed by atoms with Gasteiger partial charge in [-0.25, -0.2) is 0 Å². The summed E-state index contributed by atoms with van der Waals surface area (Å²) in [7, 11) is 0. The molecule has 3 fully saturated rings. The minimum Gasteiger partial charge on any atom is -0.347 e. The van der Waals surface area contributed by atoms with Crippen molar-refractivity contribution in [1.82, 2.24) is 0 Å². The molecule has 1 heterocycles. The van der Waals surface area contributed by atoms with Gasteiger partial charge in [0.1, 0.15) is 5.78 Å². The van der Waals surface area contributed by atoms with E-state index in [-0.39, 0.29) is 16.7 Å². The van der Waals surface area contributed by atoms with Gasteiger partial charge in [-0.3, -0.25) is 4.79 Å². The Hall–Kier alpha value is -0.670. The first kappa shape index (κ1) is 15.2. The van der Waals surface area contributed by atoms with E-state index >= 15 is 0 Å². The third-order valence-corrected chi connectivity index (χ3v) is 5.56. The molecular formula is C18H28O3. The van der Waals surface area contributed by atoms with Crippen LogP contribution in [0.5, 0.6) is 0 Å². The normalized spacial score (nSPS) is 38.9. The van der Waals surface area contributed by atoms with E-state index in [9.17, 15) is 4.79 Å². The molecule has 21 heavy (non-hydrogen) atoms. The molecule has 2 atom stereocenters. The van der Waals surface area contributed by atoms with Crippen molar-refractivity contribution in [2.75, 3.05) is 13.2 Å². The van der Waals surface area contributed by atoms with Crippen LogP contribution in [0.4, 0.5) is 0 Å². The van der Waals surface area contributed by atoms with Gasteiger partial charge in [0.05, 0.1) is 13.2 Å². The number of ketones is 1. The van der Waals surface area contributed by atoms with Crippen molar-refractivity contribution < 1.29 is 14.3 Å². The van der Waals surface area contributed by atoms with Gasteiger partial charge >= 0.3 is 0 Å². The second-order valence-corrected chi connectivity index (χ2v) is 8.37. The molecule has 0 radical (unpaired) electrons. The highest BCUT2D eigenvalue weighted by molar-refractivity contribution is 5.85. The van der Waals surface area contributed by atoms with Crippen molar-refractivity contribution in [1.29, 1.82) is 0 Å². The number of allylic oxidation sites excluding steroid dienone is 1. The molecule has 0 amide bonds. The Morgan fingerprint density at radius 2 is 1.81 bits per heavy atom. The molecule has 3 nitrogen and oxygen atoms in total. The van der Waals surface area contributed by atoms with Crippen LogP contribution in [-0.4, -0.2) is 24.8 Å². The lowest BCUT2D eigenvalue weighted by Gasteiger charge is -2.50. The molecule has 0 N–H and O–H groups in total. The van der Waals surface area contributed by atoms with Crippen molar-refractivity contribution in [3.63, 3.8) is 0 Å². The number of rotatable bonds is 0. The number of ether oxygens (including phenoxy) is 2. The second-order valence-electron chi connectivity index (χ2n) is 8.37. The molecule has 3 aliphatic rings. The van der Waals surface area contributed by atoms with Crippen LogP contribution < -0.4 is 0 Å². The maximum absolute atomic E-state index is 12.9. The molecule has 2 aliphatic carbocycles. The fourth-order valence-electron chi connectivity index (χ4n) is 5.05. The molecule has 0 aromatic rings. The Kier molecular flexibility index (Phi) is 3.57. The summed E-state index contributed by atoms with van der Waals surface area (Å²) in [4.78, 5) is 12.9. The van der Waals surface area contributed by atoms with E-state index in [4.69, 9.17) is 9.47 Å². The van der Waals surface area contributed by atoms with E-state index in [0.717, 1.165) is 37.7 Å². The minimum atomic E-state index is -0.491. The van der Waals surface area contributed by atoms with Gasteiger partial charge in [-0.1, -0.05) is 32.9 Å². The Labute approximate surface area is 128 Å². The van der Waals surface area contributed by atoms with E-state index in [0.29, 0.717) is 25.4 Å². The average Bonchev–Trinajstić information content (AvgIpc) is 2.72. The smallest absolute Gasteiger partial charge is 0.169 e. The van der Waals surface area contributed by atoms with Gasteiger partial charge in [0.25, 0.3) is 0 Å². The average molecular weight is 292 g/mol. The third-order valence-electron chi connectivity index (χ3n) is 5.56. The first-order valence-corrected chi connectivity index (χ1v) is 8.24. The first-order valence-electron chi connectivity index (χ1n) is 8.24. The third kappa shape index (κ3) is 2.70. The van der Waals surface area contributed by atoms with Crippen LogP contribution in [0.1, 0.15) is 59.3 Å². The van der Waals surface area contributed by atoms with Crippen molar-refractivity contribution in [2.45, 2.75) is 65.1 Å². The summed E-state index contributed by atoms with van der Waals surface area (Å²) in [5, 5.41) is 0. The lowest BCUT2D eigenvalue weighted by atomic mass is 9.57. The van der Waals surface area contributed by atoms with Crippen LogP contribution in [0.15, 0.2) is 12.2 Å². The number of carbonyl (C=O) groups excluding carboxylic acids is 1. The number of Topliss-reactive ketones (excluding diaryl/α,β-unsaturated/α-hetero) is 1.